The third-order valence-electron chi connectivity index (χ3n) is 2.98. The lowest BCUT2D eigenvalue weighted by molar-refractivity contribution is 0.416. The Balaban J connectivity index is 1.79. The summed E-state index contributed by atoms with van der Waals surface area (Å²) in [5.41, 5.74) is 0. The lowest BCUT2D eigenvalue weighted by atomic mass is 10.2. The Kier molecular flexibility index (Phi) is 3.96. The molecule has 0 radical (unpaired) electrons. The first-order chi connectivity index (χ1) is 9.72. The molecule has 1 N–H and O–H groups in total. The highest BCUT2D eigenvalue weighted by atomic mass is 35.5. The highest BCUT2D eigenvalue weighted by Gasteiger charge is 2.18. The maximum Gasteiger partial charge on any atom is 0.126 e. The Hall–Kier alpha value is -1.49. The van der Waals surface area contributed by atoms with Gasteiger partial charge < -0.3 is 8.83 Å². The van der Waals surface area contributed by atoms with Gasteiger partial charge >= 0.3 is 0 Å². The van der Waals surface area contributed by atoms with Gasteiger partial charge in [-0.2, -0.15) is 0 Å². The summed E-state index contributed by atoms with van der Waals surface area (Å²) in [4.78, 5) is 1.12. The third-order valence-corrected chi connectivity index (χ3v) is 4.28. The zero-order chi connectivity index (χ0) is 13.9. The van der Waals surface area contributed by atoms with Crippen molar-refractivity contribution in [1.29, 1.82) is 0 Å². The SMILES string of the molecule is Cc1ccc(CNC(c2ccco2)c2ccc(Cl)s2)o1. The average Bonchev–Trinajstić information content (AvgIpc) is 3.13. The number of halogens is 1. The number of nitrogens with one attached hydrogen (secondary N) is 1. The molecule has 1 atom stereocenters. The minimum atomic E-state index is -0.0205. The minimum absolute atomic E-state index is 0.0205. The number of thiophene rings is 1. The molecule has 0 aliphatic carbocycles. The van der Waals surface area contributed by atoms with Crippen LogP contribution >= 0.6 is 22.9 Å². The van der Waals surface area contributed by atoms with Crippen LogP contribution in [0.1, 0.15) is 28.2 Å². The molecule has 5 heteroatoms. The molecule has 0 fully saturated rings. The van der Waals surface area contributed by atoms with Crippen LogP contribution in [-0.2, 0) is 6.54 Å². The molecule has 3 aromatic rings. The van der Waals surface area contributed by atoms with E-state index < -0.39 is 0 Å². The highest BCUT2D eigenvalue weighted by molar-refractivity contribution is 7.16. The van der Waals surface area contributed by atoms with E-state index in [0.717, 1.165) is 26.5 Å². The lowest BCUT2D eigenvalue weighted by Gasteiger charge is -2.14. The summed E-state index contributed by atoms with van der Waals surface area (Å²) in [6.07, 6.45) is 1.68. The second-order valence-corrected chi connectivity index (χ2v) is 6.23. The van der Waals surface area contributed by atoms with Gasteiger partial charge in [0.15, 0.2) is 0 Å². The number of aryl methyl sites for hydroxylation is 1. The van der Waals surface area contributed by atoms with Gasteiger partial charge in [-0.1, -0.05) is 11.6 Å². The van der Waals surface area contributed by atoms with Gasteiger partial charge in [-0.3, -0.25) is 5.32 Å². The fourth-order valence-electron chi connectivity index (χ4n) is 2.06. The van der Waals surface area contributed by atoms with Crippen LogP contribution in [0.2, 0.25) is 4.34 Å². The molecule has 0 aliphatic rings. The Morgan fingerprint density at radius 3 is 2.75 bits per heavy atom. The predicted molar refractivity (Wildman–Crippen MR) is 80.2 cm³/mol. The second kappa shape index (κ2) is 5.87. The number of hydrogen-bond acceptors (Lipinski definition) is 4. The van der Waals surface area contributed by atoms with Crippen LogP contribution < -0.4 is 5.32 Å². The third kappa shape index (κ3) is 2.98. The van der Waals surface area contributed by atoms with Crippen LogP contribution in [0.25, 0.3) is 0 Å². The van der Waals surface area contributed by atoms with Crippen molar-refractivity contribution < 1.29 is 8.83 Å². The van der Waals surface area contributed by atoms with E-state index in [4.69, 9.17) is 20.4 Å². The van der Waals surface area contributed by atoms with E-state index in [1.165, 1.54) is 0 Å². The Morgan fingerprint density at radius 1 is 1.25 bits per heavy atom. The first-order valence-electron chi connectivity index (χ1n) is 6.30. The van der Waals surface area contributed by atoms with Crippen molar-refractivity contribution in [1.82, 2.24) is 5.32 Å². The van der Waals surface area contributed by atoms with Gasteiger partial charge in [0, 0.05) is 4.88 Å². The molecule has 0 saturated carbocycles. The van der Waals surface area contributed by atoms with Gasteiger partial charge in [0.05, 0.1) is 17.1 Å². The highest BCUT2D eigenvalue weighted by Crippen LogP contribution is 2.31. The van der Waals surface area contributed by atoms with Crippen molar-refractivity contribution in [3.8, 4) is 0 Å². The van der Waals surface area contributed by atoms with Crippen LogP contribution in [-0.4, -0.2) is 0 Å². The Labute approximate surface area is 126 Å². The van der Waals surface area contributed by atoms with E-state index in [1.54, 1.807) is 17.6 Å². The monoisotopic (exact) mass is 307 g/mol. The zero-order valence-electron chi connectivity index (χ0n) is 10.9. The molecule has 0 bridgehead atoms. The molecule has 3 heterocycles. The first-order valence-corrected chi connectivity index (χ1v) is 7.49. The smallest absolute Gasteiger partial charge is 0.126 e. The molecule has 0 aromatic carbocycles. The standard InChI is InChI=1S/C15H14ClNO2S/c1-10-4-5-11(19-10)9-17-15(12-3-2-8-18-12)13-6-7-14(16)20-13/h2-8,15,17H,9H2,1H3. The number of rotatable bonds is 5. The van der Waals surface area contributed by atoms with E-state index in [9.17, 15) is 0 Å². The van der Waals surface area contributed by atoms with E-state index >= 15 is 0 Å². The van der Waals surface area contributed by atoms with Gasteiger partial charge in [-0.25, -0.2) is 0 Å². The van der Waals surface area contributed by atoms with Crippen molar-refractivity contribution in [3.05, 3.63) is 69.2 Å². The fraction of sp³-hybridized carbons (Fsp3) is 0.200. The summed E-state index contributed by atoms with van der Waals surface area (Å²) in [6, 6.07) is 11.7. The van der Waals surface area contributed by atoms with Crippen LogP contribution in [0.5, 0.6) is 0 Å². The van der Waals surface area contributed by atoms with Crippen molar-refractivity contribution in [2.75, 3.05) is 0 Å². The van der Waals surface area contributed by atoms with Gasteiger partial charge in [-0.05, 0) is 43.3 Å². The van der Waals surface area contributed by atoms with Gasteiger partial charge in [0.2, 0.25) is 0 Å². The number of furan rings is 2. The molecule has 3 rings (SSSR count). The largest absolute Gasteiger partial charge is 0.467 e. The number of hydrogen-bond donors (Lipinski definition) is 1. The van der Waals surface area contributed by atoms with E-state index in [0.29, 0.717) is 6.54 Å². The molecule has 0 saturated heterocycles. The molecular weight excluding hydrogens is 294 g/mol. The maximum atomic E-state index is 6.03. The van der Waals surface area contributed by atoms with Crippen LogP contribution in [0, 0.1) is 6.92 Å². The van der Waals surface area contributed by atoms with Crippen LogP contribution in [0.15, 0.2) is 51.5 Å². The predicted octanol–water partition coefficient (Wildman–Crippen LogP) is 4.78. The molecule has 0 aliphatic heterocycles. The molecule has 0 spiro atoms. The molecule has 0 amide bonds. The summed E-state index contributed by atoms with van der Waals surface area (Å²) in [5.74, 6) is 2.68. The molecule has 3 nitrogen and oxygen atoms in total. The van der Waals surface area contributed by atoms with Gasteiger partial charge in [0.25, 0.3) is 0 Å². The average molecular weight is 308 g/mol. The van der Waals surface area contributed by atoms with Crippen molar-refractivity contribution in [2.45, 2.75) is 19.5 Å². The van der Waals surface area contributed by atoms with Gasteiger partial charge in [0.1, 0.15) is 23.3 Å². The summed E-state index contributed by atoms with van der Waals surface area (Å²) < 4.78 is 11.9. The maximum absolute atomic E-state index is 6.03. The van der Waals surface area contributed by atoms with E-state index in [-0.39, 0.29) is 6.04 Å². The summed E-state index contributed by atoms with van der Waals surface area (Å²) >= 11 is 7.57. The molecule has 20 heavy (non-hydrogen) atoms. The second-order valence-electron chi connectivity index (χ2n) is 4.48. The topological polar surface area (TPSA) is 38.3 Å². The van der Waals surface area contributed by atoms with Crippen molar-refractivity contribution >= 4 is 22.9 Å². The molecular formula is C15H14ClNO2S. The zero-order valence-corrected chi connectivity index (χ0v) is 12.5. The molecule has 3 aromatic heterocycles. The summed E-state index contributed by atoms with van der Waals surface area (Å²) in [5, 5.41) is 3.45. The van der Waals surface area contributed by atoms with Crippen LogP contribution in [0.3, 0.4) is 0 Å². The van der Waals surface area contributed by atoms with E-state index in [2.05, 4.69) is 5.32 Å². The van der Waals surface area contributed by atoms with Gasteiger partial charge in [-0.15, -0.1) is 11.3 Å². The minimum Gasteiger partial charge on any atom is -0.467 e. The van der Waals surface area contributed by atoms with Crippen molar-refractivity contribution in [3.63, 3.8) is 0 Å². The quantitative estimate of drug-likeness (QED) is 0.737. The fourth-order valence-corrected chi connectivity index (χ4v) is 3.21. The Bertz CT molecular complexity index is 672. The molecule has 104 valence electrons. The van der Waals surface area contributed by atoms with Crippen LogP contribution in [0.4, 0.5) is 0 Å². The normalized spacial score (nSPS) is 12.7. The van der Waals surface area contributed by atoms with Crippen molar-refractivity contribution in [2.24, 2.45) is 0 Å². The first kappa shape index (κ1) is 13.5. The lowest BCUT2D eigenvalue weighted by Crippen LogP contribution is -2.20. The Morgan fingerprint density at radius 2 is 2.15 bits per heavy atom. The summed E-state index contributed by atoms with van der Waals surface area (Å²) in [7, 11) is 0. The summed E-state index contributed by atoms with van der Waals surface area (Å²) in [6.45, 7) is 2.57. The van der Waals surface area contributed by atoms with E-state index in [1.807, 2.05) is 43.3 Å². The molecule has 1 unspecified atom stereocenters.